The number of aromatic nitrogens is 1. The molecule has 0 saturated heterocycles. The standard InChI is InChI=1S/C5H7N3S.ClH/c1-3-4(5(6)7)9-2-8-3;/h2H,1H3,(H3,6,7);1H. The number of thiazole rings is 1. The number of nitrogens with zero attached hydrogens (tertiary/aromatic N) is 1. The highest BCUT2D eigenvalue weighted by molar-refractivity contribution is 7.11. The van der Waals surface area contributed by atoms with Crippen molar-refractivity contribution in [2.45, 2.75) is 6.92 Å². The Hall–Kier alpha value is -0.610. The summed E-state index contributed by atoms with van der Waals surface area (Å²) < 4.78 is 0. The van der Waals surface area contributed by atoms with Gasteiger partial charge in [-0.1, -0.05) is 0 Å². The van der Waals surface area contributed by atoms with Crippen molar-refractivity contribution < 1.29 is 0 Å². The zero-order valence-corrected chi connectivity index (χ0v) is 7.05. The number of aryl methyl sites for hydroxylation is 1. The molecule has 0 amide bonds. The molecule has 0 aliphatic carbocycles. The predicted octanol–water partition coefficient (Wildman–Crippen LogP) is 1.16. The van der Waals surface area contributed by atoms with Crippen LogP contribution in [0.25, 0.3) is 0 Å². The first-order chi connectivity index (χ1) is 4.22. The van der Waals surface area contributed by atoms with Crippen molar-refractivity contribution in [1.82, 2.24) is 4.98 Å². The van der Waals surface area contributed by atoms with Gasteiger partial charge < -0.3 is 5.73 Å². The van der Waals surface area contributed by atoms with Gasteiger partial charge in [0.05, 0.1) is 16.1 Å². The van der Waals surface area contributed by atoms with E-state index in [0.29, 0.717) is 0 Å². The van der Waals surface area contributed by atoms with Crippen molar-refractivity contribution >= 4 is 29.6 Å². The highest BCUT2D eigenvalue weighted by Gasteiger charge is 2.01. The van der Waals surface area contributed by atoms with Gasteiger partial charge in [-0.25, -0.2) is 4.98 Å². The van der Waals surface area contributed by atoms with E-state index >= 15 is 0 Å². The lowest BCUT2D eigenvalue weighted by atomic mass is 10.4. The Morgan fingerprint density at radius 1 is 1.80 bits per heavy atom. The van der Waals surface area contributed by atoms with Crippen LogP contribution in [-0.2, 0) is 0 Å². The molecule has 1 aromatic heterocycles. The van der Waals surface area contributed by atoms with Crippen molar-refractivity contribution in [2.24, 2.45) is 5.73 Å². The largest absolute Gasteiger partial charge is 0.383 e. The van der Waals surface area contributed by atoms with Crippen molar-refractivity contribution in [3.05, 3.63) is 16.1 Å². The average molecular weight is 178 g/mol. The van der Waals surface area contributed by atoms with Crippen LogP contribution >= 0.6 is 23.7 Å². The normalized spacial score (nSPS) is 8.50. The third-order valence-corrected chi connectivity index (χ3v) is 1.95. The smallest absolute Gasteiger partial charge is 0.135 e. The van der Waals surface area contributed by atoms with E-state index in [0.717, 1.165) is 10.6 Å². The second-order valence-corrected chi connectivity index (χ2v) is 2.54. The quantitative estimate of drug-likeness (QED) is 0.500. The summed E-state index contributed by atoms with van der Waals surface area (Å²) in [6, 6.07) is 0. The van der Waals surface area contributed by atoms with E-state index in [4.69, 9.17) is 11.1 Å². The molecule has 0 radical (unpaired) electrons. The van der Waals surface area contributed by atoms with Gasteiger partial charge in [0.2, 0.25) is 0 Å². The number of hydrogen-bond acceptors (Lipinski definition) is 3. The van der Waals surface area contributed by atoms with Gasteiger partial charge in [-0.05, 0) is 6.92 Å². The zero-order valence-electron chi connectivity index (χ0n) is 5.42. The summed E-state index contributed by atoms with van der Waals surface area (Å²) in [5.41, 5.74) is 7.74. The van der Waals surface area contributed by atoms with E-state index in [9.17, 15) is 0 Å². The molecule has 1 aromatic rings. The van der Waals surface area contributed by atoms with E-state index in [1.54, 1.807) is 5.51 Å². The molecule has 3 N–H and O–H groups in total. The highest BCUT2D eigenvalue weighted by atomic mass is 35.5. The molecule has 56 valence electrons. The molecule has 0 fully saturated rings. The Labute approximate surface area is 69.2 Å². The summed E-state index contributed by atoms with van der Waals surface area (Å²) in [7, 11) is 0. The van der Waals surface area contributed by atoms with Crippen LogP contribution in [0.4, 0.5) is 0 Å². The molecule has 1 rings (SSSR count). The van der Waals surface area contributed by atoms with Gasteiger partial charge >= 0.3 is 0 Å². The minimum absolute atomic E-state index is 0. The number of nitrogen functional groups attached to an aromatic ring is 1. The van der Waals surface area contributed by atoms with Crippen LogP contribution in [0.1, 0.15) is 10.6 Å². The highest BCUT2D eigenvalue weighted by Crippen LogP contribution is 2.09. The lowest BCUT2D eigenvalue weighted by Gasteiger charge is -1.89. The van der Waals surface area contributed by atoms with E-state index in [1.807, 2.05) is 6.92 Å². The third kappa shape index (κ3) is 1.68. The first kappa shape index (κ1) is 9.39. The molecule has 0 unspecified atom stereocenters. The number of amidine groups is 1. The van der Waals surface area contributed by atoms with Crippen molar-refractivity contribution in [1.29, 1.82) is 5.41 Å². The molecular formula is C5H8ClN3S. The minimum Gasteiger partial charge on any atom is -0.383 e. The van der Waals surface area contributed by atoms with Crippen LogP contribution in [-0.4, -0.2) is 10.8 Å². The molecule has 0 aliphatic heterocycles. The van der Waals surface area contributed by atoms with Crippen LogP contribution in [0.15, 0.2) is 5.51 Å². The number of nitrogens with one attached hydrogen (secondary N) is 1. The van der Waals surface area contributed by atoms with Crippen LogP contribution < -0.4 is 5.73 Å². The molecule has 0 bridgehead atoms. The summed E-state index contributed by atoms with van der Waals surface area (Å²) >= 11 is 1.40. The molecule has 0 spiro atoms. The van der Waals surface area contributed by atoms with E-state index in [2.05, 4.69) is 4.98 Å². The van der Waals surface area contributed by atoms with Gasteiger partial charge in [0.15, 0.2) is 0 Å². The van der Waals surface area contributed by atoms with Gasteiger partial charge in [-0.2, -0.15) is 0 Å². The van der Waals surface area contributed by atoms with Crippen molar-refractivity contribution in [2.75, 3.05) is 0 Å². The minimum atomic E-state index is 0. The second kappa shape index (κ2) is 3.53. The second-order valence-electron chi connectivity index (χ2n) is 1.68. The lowest BCUT2D eigenvalue weighted by Crippen LogP contribution is -2.10. The summed E-state index contributed by atoms with van der Waals surface area (Å²) in [4.78, 5) is 4.71. The molecular weight excluding hydrogens is 170 g/mol. The Morgan fingerprint density at radius 2 is 2.40 bits per heavy atom. The maximum Gasteiger partial charge on any atom is 0.135 e. The fourth-order valence-corrected chi connectivity index (χ4v) is 1.23. The molecule has 0 saturated carbocycles. The van der Waals surface area contributed by atoms with Gasteiger partial charge in [0.1, 0.15) is 5.84 Å². The van der Waals surface area contributed by atoms with Gasteiger partial charge in [-0.3, -0.25) is 5.41 Å². The molecule has 3 nitrogen and oxygen atoms in total. The SMILES string of the molecule is Cc1ncsc1C(=N)N.Cl. The number of nitrogens with two attached hydrogens (primary N) is 1. The van der Waals surface area contributed by atoms with Crippen LogP contribution in [0.5, 0.6) is 0 Å². The molecule has 0 aromatic carbocycles. The lowest BCUT2D eigenvalue weighted by molar-refractivity contribution is 1.25. The van der Waals surface area contributed by atoms with Gasteiger partial charge in [0, 0.05) is 0 Å². The van der Waals surface area contributed by atoms with E-state index < -0.39 is 0 Å². The number of halogens is 1. The molecule has 10 heavy (non-hydrogen) atoms. The topological polar surface area (TPSA) is 62.8 Å². The Morgan fingerprint density at radius 3 is 2.60 bits per heavy atom. The van der Waals surface area contributed by atoms with Crippen LogP contribution in [0.3, 0.4) is 0 Å². The van der Waals surface area contributed by atoms with E-state index in [-0.39, 0.29) is 18.2 Å². The van der Waals surface area contributed by atoms with E-state index in [1.165, 1.54) is 11.3 Å². The maximum absolute atomic E-state index is 7.04. The summed E-state index contributed by atoms with van der Waals surface area (Å²) in [5, 5.41) is 7.04. The van der Waals surface area contributed by atoms with Gasteiger partial charge in [-0.15, -0.1) is 23.7 Å². The molecule has 5 heteroatoms. The summed E-state index contributed by atoms with van der Waals surface area (Å²) in [6.07, 6.45) is 0. The number of hydrogen-bond donors (Lipinski definition) is 2. The maximum atomic E-state index is 7.04. The van der Waals surface area contributed by atoms with Gasteiger partial charge in [0.25, 0.3) is 0 Å². The molecule has 1 heterocycles. The fraction of sp³-hybridized carbons (Fsp3) is 0.200. The Bertz CT molecular complexity index is 233. The third-order valence-electron chi connectivity index (χ3n) is 0.990. The molecule has 0 atom stereocenters. The molecule has 0 aliphatic rings. The Balaban J connectivity index is 0.000000810. The first-order valence-electron chi connectivity index (χ1n) is 2.46. The summed E-state index contributed by atoms with van der Waals surface area (Å²) in [5.74, 6) is 0.106. The monoisotopic (exact) mass is 177 g/mol. The van der Waals surface area contributed by atoms with Crippen LogP contribution in [0, 0.1) is 12.3 Å². The Kier molecular flexibility index (Phi) is 3.32. The van der Waals surface area contributed by atoms with Crippen LogP contribution in [0.2, 0.25) is 0 Å². The van der Waals surface area contributed by atoms with Crippen molar-refractivity contribution in [3.8, 4) is 0 Å². The fourth-order valence-electron chi connectivity index (χ4n) is 0.560. The number of rotatable bonds is 1. The first-order valence-corrected chi connectivity index (χ1v) is 3.34. The average Bonchev–Trinajstić information content (AvgIpc) is 2.13. The summed E-state index contributed by atoms with van der Waals surface area (Å²) in [6.45, 7) is 1.84. The zero-order chi connectivity index (χ0) is 6.85. The van der Waals surface area contributed by atoms with Crippen molar-refractivity contribution in [3.63, 3.8) is 0 Å². The predicted molar refractivity (Wildman–Crippen MR) is 45.1 cm³/mol.